The first-order chi connectivity index (χ1) is 13.2. The second-order valence-corrected chi connectivity index (χ2v) is 7.62. The van der Waals surface area contributed by atoms with Gasteiger partial charge in [-0.25, -0.2) is 0 Å². The molecule has 0 aliphatic carbocycles. The normalized spacial score (nSPS) is 11.3. The van der Waals surface area contributed by atoms with Crippen LogP contribution in [0.1, 0.15) is 6.92 Å². The fraction of sp³-hybridized carbons (Fsp3) is 0.0417. The summed E-state index contributed by atoms with van der Waals surface area (Å²) in [4.78, 5) is 11.7. The molecule has 0 aliphatic heterocycles. The van der Waals surface area contributed by atoms with Crippen LogP contribution >= 0.6 is 11.3 Å². The van der Waals surface area contributed by atoms with Crippen molar-refractivity contribution < 1.29 is 9.53 Å². The highest BCUT2D eigenvalue weighted by atomic mass is 32.1. The summed E-state index contributed by atoms with van der Waals surface area (Å²) in [7, 11) is 0. The third-order valence-electron chi connectivity index (χ3n) is 4.80. The minimum absolute atomic E-state index is 0.311. The molecule has 0 unspecified atom stereocenters. The second kappa shape index (κ2) is 6.22. The highest BCUT2D eigenvalue weighted by molar-refractivity contribution is 7.26. The van der Waals surface area contributed by atoms with Crippen molar-refractivity contribution in [3.63, 3.8) is 0 Å². The molecule has 0 fully saturated rings. The average molecular weight is 368 g/mol. The predicted molar refractivity (Wildman–Crippen MR) is 114 cm³/mol. The Morgan fingerprint density at radius 1 is 0.815 bits per heavy atom. The first-order valence-electron chi connectivity index (χ1n) is 8.83. The molecule has 4 aromatic carbocycles. The van der Waals surface area contributed by atoms with Crippen LogP contribution in [0.3, 0.4) is 0 Å². The van der Waals surface area contributed by atoms with E-state index in [0.717, 1.165) is 16.5 Å². The van der Waals surface area contributed by atoms with E-state index in [2.05, 4.69) is 54.6 Å². The Kier molecular flexibility index (Phi) is 3.69. The van der Waals surface area contributed by atoms with Crippen molar-refractivity contribution in [3.8, 4) is 16.9 Å². The minimum Gasteiger partial charge on any atom is -0.426 e. The smallest absolute Gasteiger partial charge is 0.308 e. The molecule has 0 radical (unpaired) electrons. The number of rotatable bonds is 2. The first kappa shape index (κ1) is 16.0. The van der Waals surface area contributed by atoms with Gasteiger partial charge in [-0.15, -0.1) is 11.3 Å². The summed E-state index contributed by atoms with van der Waals surface area (Å²) in [5.74, 6) is 0.284. The highest BCUT2D eigenvalue weighted by Crippen LogP contribution is 2.46. The van der Waals surface area contributed by atoms with Crippen LogP contribution in [0.15, 0.2) is 78.9 Å². The van der Waals surface area contributed by atoms with Gasteiger partial charge in [0.15, 0.2) is 0 Å². The molecule has 5 rings (SSSR count). The minimum atomic E-state index is -0.311. The summed E-state index contributed by atoms with van der Waals surface area (Å²) in [5, 5.41) is 4.79. The van der Waals surface area contributed by atoms with Crippen LogP contribution < -0.4 is 4.74 Å². The monoisotopic (exact) mass is 368 g/mol. The Bertz CT molecular complexity index is 1330. The van der Waals surface area contributed by atoms with E-state index in [4.69, 9.17) is 4.74 Å². The Balaban J connectivity index is 1.99. The number of hydrogen-bond acceptors (Lipinski definition) is 3. The molecule has 0 atom stereocenters. The van der Waals surface area contributed by atoms with Gasteiger partial charge in [-0.3, -0.25) is 4.79 Å². The van der Waals surface area contributed by atoms with Gasteiger partial charge < -0.3 is 4.74 Å². The molecule has 0 saturated heterocycles. The molecule has 2 nitrogen and oxygen atoms in total. The average Bonchev–Trinajstić information content (AvgIpc) is 3.04. The van der Waals surface area contributed by atoms with Gasteiger partial charge in [0, 0.05) is 38.2 Å². The quantitative estimate of drug-likeness (QED) is 0.253. The van der Waals surface area contributed by atoms with E-state index >= 15 is 0 Å². The maximum absolute atomic E-state index is 11.7. The maximum Gasteiger partial charge on any atom is 0.308 e. The molecule has 5 aromatic rings. The van der Waals surface area contributed by atoms with E-state index in [1.807, 2.05) is 24.3 Å². The van der Waals surface area contributed by atoms with Gasteiger partial charge in [0.25, 0.3) is 0 Å². The van der Waals surface area contributed by atoms with Crippen molar-refractivity contribution in [2.45, 2.75) is 6.92 Å². The van der Waals surface area contributed by atoms with Crippen molar-refractivity contribution in [2.75, 3.05) is 0 Å². The lowest BCUT2D eigenvalue weighted by Crippen LogP contribution is -2.02. The lowest BCUT2D eigenvalue weighted by molar-refractivity contribution is -0.131. The zero-order valence-corrected chi connectivity index (χ0v) is 15.5. The van der Waals surface area contributed by atoms with Gasteiger partial charge >= 0.3 is 5.97 Å². The fourth-order valence-electron chi connectivity index (χ4n) is 3.75. The number of hydrogen-bond donors (Lipinski definition) is 0. The summed E-state index contributed by atoms with van der Waals surface area (Å²) in [6.07, 6.45) is 0. The molecule has 0 bridgehead atoms. The number of carbonyl (C=O) groups is 1. The molecule has 3 heteroatoms. The van der Waals surface area contributed by atoms with Crippen LogP contribution in [0.25, 0.3) is 42.1 Å². The molecular formula is C24H16O2S. The third-order valence-corrected chi connectivity index (χ3v) is 5.92. The zero-order valence-electron chi connectivity index (χ0n) is 14.7. The molecule has 0 N–H and O–H groups in total. The number of thiophene rings is 1. The molecule has 130 valence electrons. The summed E-state index contributed by atoms with van der Waals surface area (Å²) >= 11 is 1.80. The SMILES string of the molecule is CC(=O)Oc1ccccc1-c1c2ccccc2cc2sc3ccccc3c12. The van der Waals surface area contributed by atoms with Crippen molar-refractivity contribution >= 4 is 48.3 Å². The largest absolute Gasteiger partial charge is 0.426 e. The summed E-state index contributed by atoms with van der Waals surface area (Å²) < 4.78 is 8.05. The molecule has 1 aromatic heterocycles. The number of carbonyl (C=O) groups excluding carboxylic acids is 1. The lowest BCUT2D eigenvalue weighted by Gasteiger charge is -2.14. The number of para-hydroxylation sites is 1. The van der Waals surface area contributed by atoms with E-state index in [9.17, 15) is 4.79 Å². The van der Waals surface area contributed by atoms with Crippen LogP contribution in [0, 0.1) is 0 Å². The second-order valence-electron chi connectivity index (χ2n) is 6.53. The standard InChI is InChI=1S/C24H16O2S/c1-15(25)26-20-12-6-4-10-18(20)23-17-9-3-2-8-16(17)14-22-24(23)19-11-5-7-13-21(19)27-22/h2-14H,1H3. The molecule has 0 aliphatic rings. The van der Waals surface area contributed by atoms with Gasteiger partial charge in [0.05, 0.1) is 0 Å². The number of fused-ring (bicyclic) bond motifs is 4. The Morgan fingerprint density at radius 3 is 2.37 bits per heavy atom. The predicted octanol–water partition coefficient (Wildman–Crippen LogP) is 6.80. The van der Waals surface area contributed by atoms with Crippen LogP contribution in [0.2, 0.25) is 0 Å². The van der Waals surface area contributed by atoms with Crippen molar-refractivity contribution in [2.24, 2.45) is 0 Å². The van der Waals surface area contributed by atoms with E-state index in [0.29, 0.717) is 5.75 Å². The van der Waals surface area contributed by atoms with E-state index in [-0.39, 0.29) is 5.97 Å². The third kappa shape index (κ3) is 2.59. The van der Waals surface area contributed by atoms with Crippen molar-refractivity contribution in [1.29, 1.82) is 0 Å². The molecule has 1 heterocycles. The van der Waals surface area contributed by atoms with Crippen LogP contribution in [-0.2, 0) is 4.79 Å². The highest BCUT2D eigenvalue weighted by Gasteiger charge is 2.18. The zero-order chi connectivity index (χ0) is 18.4. The first-order valence-corrected chi connectivity index (χ1v) is 9.65. The number of benzene rings is 4. The van der Waals surface area contributed by atoms with Crippen LogP contribution in [-0.4, -0.2) is 5.97 Å². The van der Waals surface area contributed by atoms with Crippen molar-refractivity contribution in [1.82, 2.24) is 0 Å². The van der Waals surface area contributed by atoms with Crippen LogP contribution in [0.5, 0.6) is 5.75 Å². The fourth-order valence-corrected chi connectivity index (χ4v) is 4.91. The number of esters is 1. The number of ether oxygens (including phenoxy) is 1. The van der Waals surface area contributed by atoms with E-state index in [1.165, 1.54) is 32.5 Å². The van der Waals surface area contributed by atoms with Gasteiger partial charge in [-0.05, 0) is 29.0 Å². The van der Waals surface area contributed by atoms with Gasteiger partial charge in [-0.1, -0.05) is 60.7 Å². The lowest BCUT2D eigenvalue weighted by atomic mass is 9.93. The van der Waals surface area contributed by atoms with Gasteiger partial charge in [0.1, 0.15) is 5.75 Å². The Morgan fingerprint density at radius 2 is 1.52 bits per heavy atom. The molecule has 0 spiro atoms. The Hall–Kier alpha value is -3.17. The molecule has 0 saturated carbocycles. The Labute approximate surface area is 160 Å². The van der Waals surface area contributed by atoms with Gasteiger partial charge in [0.2, 0.25) is 0 Å². The van der Waals surface area contributed by atoms with Crippen molar-refractivity contribution in [3.05, 3.63) is 78.9 Å². The summed E-state index contributed by atoms with van der Waals surface area (Å²) in [6.45, 7) is 1.44. The van der Waals surface area contributed by atoms with E-state index < -0.39 is 0 Å². The molecule has 27 heavy (non-hydrogen) atoms. The van der Waals surface area contributed by atoms with Crippen LogP contribution in [0.4, 0.5) is 0 Å². The molecule has 0 amide bonds. The topological polar surface area (TPSA) is 26.3 Å². The maximum atomic E-state index is 11.7. The van der Waals surface area contributed by atoms with Gasteiger partial charge in [-0.2, -0.15) is 0 Å². The molecular weight excluding hydrogens is 352 g/mol. The summed E-state index contributed by atoms with van der Waals surface area (Å²) in [5.41, 5.74) is 2.07. The van der Waals surface area contributed by atoms with E-state index in [1.54, 1.807) is 11.3 Å². The summed E-state index contributed by atoms with van der Waals surface area (Å²) in [6, 6.07) is 26.9.